The van der Waals surface area contributed by atoms with Crippen LogP contribution in [0.4, 0.5) is 5.69 Å². The van der Waals surface area contributed by atoms with Gasteiger partial charge < -0.3 is 9.47 Å². The molecule has 0 atom stereocenters. The Labute approximate surface area is 169 Å². The zero-order valence-electron chi connectivity index (χ0n) is 14.8. The number of non-ortho nitro benzene ring substituents is 1. The molecule has 9 heteroatoms. The van der Waals surface area contributed by atoms with Gasteiger partial charge in [0, 0.05) is 12.1 Å². The van der Waals surface area contributed by atoms with E-state index in [4.69, 9.17) is 9.47 Å². The molecular formula is C18H18IN3O5. The van der Waals surface area contributed by atoms with E-state index in [1.54, 1.807) is 25.3 Å². The number of benzene rings is 2. The Morgan fingerprint density at radius 2 is 2.04 bits per heavy atom. The van der Waals surface area contributed by atoms with Crippen LogP contribution in [0.5, 0.6) is 11.5 Å². The molecule has 0 aliphatic carbocycles. The standard InChI is InChI=1S/C18H18IN3O5/c1-3-27-16-9-13(8-15(19)18(16)26-2)11-20-21-17(23)10-12-4-6-14(7-5-12)22(24)25/h4-9,11H,3,10H2,1-2H3,(H,21,23)/b20-11-. The van der Waals surface area contributed by atoms with Crippen LogP contribution >= 0.6 is 22.6 Å². The van der Waals surface area contributed by atoms with Crippen molar-refractivity contribution in [1.29, 1.82) is 0 Å². The van der Waals surface area contributed by atoms with Gasteiger partial charge in [0.1, 0.15) is 0 Å². The number of nitro groups is 1. The number of nitro benzene ring substituents is 1. The predicted molar refractivity (Wildman–Crippen MR) is 109 cm³/mol. The summed E-state index contributed by atoms with van der Waals surface area (Å²) in [5, 5.41) is 14.6. The second-order valence-corrected chi connectivity index (χ2v) is 6.52. The van der Waals surface area contributed by atoms with Crippen molar-refractivity contribution in [1.82, 2.24) is 5.43 Å². The van der Waals surface area contributed by atoms with E-state index >= 15 is 0 Å². The lowest BCUT2D eigenvalue weighted by Crippen LogP contribution is -2.19. The third-order valence-corrected chi connectivity index (χ3v) is 4.25. The highest BCUT2D eigenvalue weighted by Crippen LogP contribution is 2.33. The highest BCUT2D eigenvalue weighted by molar-refractivity contribution is 14.1. The van der Waals surface area contributed by atoms with Crippen LogP contribution in [0.2, 0.25) is 0 Å². The van der Waals surface area contributed by atoms with Crippen molar-refractivity contribution in [3.63, 3.8) is 0 Å². The molecule has 0 saturated carbocycles. The molecule has 0 saturated heterocycles. The van der Waals surface area contributed by atoms with Crippen LogP contribution in [0.15, 0.2) is 41.5 Å². The Morgan fingerprint density at radius 1 is 1.33 bits per heavy atom. The molecule has 0 heterocycles. The third kappa shape index (κ3) is 5.91. The van der Waals surface area contributed by atoms with Crippen molar-refractivity contribution in [3.05, 3.63) is 61.2 Å². The van der Waals surface area contributed by atoms with E-state index < -0.39 is 4.92 Å². The van der Waals surface area contributed by atoms with Gasteiger partial charge in [-0.15, -0.1) is 0 Å². The van der Waals surface area contributed by atoms with E-state index in [0.717, 1.165) is 9.13 Å². The van der Waals surface area contributed by atoms with Crippen LogP contribution in [0.1, 0.15) is 18.1 Å². The number of carbonyl (C=O) groups excluding carboxylic acids is 1. The molecule has 1 N–H and O–H groups in total. The highest BCUT2D eigenvalue weighted by atomic mass is 127. The number of hydrogen-bond donors (Lipinski definition) is 1. The Kier molecular flexibility index (Phi) is 7.53. The largest absolute Gasteiger partial charge is 0.492 e. The predicted octanol–water partition coefficient (Wildman–Crippen LogP) is 3.30. The molecule has 0 aliphatic heterocycles. The van der Waals surface area contributed by atoms with Crippen molar-refractivity contribution in [2.45, 2.75) is 13.3 Å². The van der Waals surface area contributed by atoms with Gasteiger partial charge in [-0.2, -0.15) is 5.10 Å². The fourth-order valence-corrected chi connectivity index (χ4v) is 3.11. The molecular weight excluding hydrogens is 465 g/mol. The fourth-order valence-electron chi connectivity index (χ4n) is 2.26. The quantitative estimate of drug-likeness (QED) is 0.269. The fraction of sp³-hybridized carbons (Fsp3) is 0.222. The lowest BCUT2D eigenvalue weighted by atomic mass is 10.1. The number of nitrogens with zero attached hydrogens (tertiary/aromatic N) is 2. The summed E-state index contributed by atoms with van der Waals surface area (Å²) in [5.74, 6) is 0.927. The molecule has 0 radical (unpaired) electrons. The smallest absolute Gasteiger partial charge is 0.269 e. The molecule has 0 aromatic heterocycles. The van der Waals surface area contributed by atoms with Gasteiger partial charge in [0.15, 0.2) is 11.5 Å². The van der Waals surface area contributed by atoms with Gasteiger partial charge in [0.25, 0.3) is 5.69 Å². The summed E-state index contributed by atoms with van der Waals surface area (Å²) >= 11 is 2.14. The molecule has 142 valence electrons. The minimum atomic E-state index is -0.485. The molecule has 2 rings (SSSR count). The number of halogens is 1. The van der Waals surface area contributed by atoms with Gasteiger partial charge >= 0.3 is 0 Å². The SMILES string of the molecule is CCOc1cc(/C=N\NC(=O)Cc2ccc([N+](=O)[O-])cc2)cc(I)c1OC. The van der Waals surface area contributed by atoms with E-state index in [1.165, 1.54) is 18.3 Å². The molecule has 0 aliphatic rings. The van der Waals surface area contributed by atoms with Gasteiger partial charge in [0.05, 0.1) is 34.8 Å². The summed E-state index contributed by atoms with van der Waals surface area (Å²) in [6.07, 6.45) is 1.58. The first-order valence-electron chi connectivity index (χ1n) is 8.00. The average molecular weight is 483 g/mol. The van der Waals surface area contributed by atoms with Crippen LogP contribution in [0.25, 0.3) is 0 Å². The van der Waals surface area contributed by atoms with Gasteiger partial charge in [0.2, 0.25) is 5.91 Å². The van der Waals surface area contributed by atoms with E-state index in [-0.39, 0.29) is 18.0 Å². The van der Waals surface area contributed by atoms with E-state index in [0.29, 0.717) is 23.7 Å². The summed E-state index contributed by atoms with van der Waals surface area (Å²) in [6, 6.07) is 9.44. The maximum atomic E-state index is 12.0. The maximum Gasteiger partial charge on any atom is 0.269 e. The van der Waals surface area contributed by atoms with Crippen molar-refractivity contribution in [2.75, 3.05) is 13.7 Å². The van der Waals surface area contributed by atoms with Crippen LogP contribution in [0.3, 0.4) is 0 Å². The van der Waals surface area contributed by atoms with Gasteiger partial charge in [-0.1, -0.05) is 12.1 Å². The zero-order chi connectivity index (χ0) is 19.8. The minimum absolute atomic E-state index is 0.0172. The molecule has 8 nitrogen and oxygen atoms in total. The Morgan fingerprint density at radius 3 is 2.63 bits per heavy atom. The van der Waals surface area contributed by atoms with Gasteiger partial charge in [-0.3, -0.25) is 14.9 Å². The van der Waals surface area contributed by atoms with Crippen LogP contribution in [-0.2, 0) is 11.2 Å². The molecule has 2 aromatic rings. The first-order valence-corrected chi connectivity index (χ1v) is 9.08. The van der Waals surface area contributed by atoms with Crippen molar-refractivity contribution in [3.8, 4) is 11.5 Å². The van der Waals surface area contributed by atoms with Crippen molar-refractivity contribution < 1.29 is 19.2 Å². The normalized spacial score (nSPS) is 10.6. The van der Waals surface area contributed by atoms with Gasteiger partial charge in [-0.25, -0.2) is 5.43 Å². The number of ether oxygens (including phenoxy) is 2. The first kappa shape index (κ1) is 20.6. The molecule has 1 amide bonds. The van der Waals surface area contributed by atoms with Crippen LogP contribution in [0, 0.1) is 13.7 Å². The van der Waals surface area contributed by atoms with Crippen molar-refractivity contribution in [2.24, 2.45) is 5.10 Å². The summed E-state index contributed by atoms with van der Waals surface area (Å²) in [4.78, 5) is 22.1. The lowest BCUT2D eigenvalue weighted by molar-refractivity contribution is -0.384. The highest BCUT2D eigenvalue weighted by Gasteiger charge is 2.10. The number of nitrogens with one attached hydrogen (secondary N) is 1. The third-order valence-electron chi connectivity index (χ3n) is 3.45. The average Bonchev–Trinajstić information content (AvgIpc) is 2.62. The Hall–Kier alpha value is -2.69. The zero-order valence-corrected chi connectivity index (χ0v) is 16.9. The van der Waals surface area contributed by atoms with E-state index in [2.05, 4.69) is 33.1 Å². The molecule has 0 spiro atoms. The van der Waals surface area contributed by atoms with Crippen molar-refractivity contribution >= 4 is 40.4 Å². The maximum absolute atomic E-state index is 12.0. The summed E-state index contributed by atoms with van der Waals surface area (Å²) in [5.41, 5.74) is 3.83. The first-order chi connectivity index (χ1) is 12.9. The summed E-state index contributed by atoms with van der Waals surface area (Å²) in [6.45, 7) is 2.38. The number of carbonyl (C=O) groups is 1. The Bertz CT molecular complexity index is 853. The molecule has 0 unspecified atom stereocenters. The second kappa shape index (κ2) is 9.86. The minimum Gasteiger partial charge on any atom is -0.492 e. The topological polar surface area (TPSA) is 103 Å². The molecule has 0 bridgehead atoms. The number of hydrazone groups is 1. The second-order valence-electron chi connectivity index (χ2n) is 5.36. The number of hydrogen-bond acceptors (Lipinski definition) is 6. The molecule has 27 heavy (non-hydrogen) atoms. The lowest BCUT2D eigenvalue weighted by Gasteiger charge is -2.11. The van der Waals surface area contributed by atoms with E-state index in [9.17, 15) is 14.9 Å². The molecule has 2 aromatic carbocycles. The monoisotopic (exact) mass is 483 g/mol. The van der Waals surface area contributed by atoms with Gasteiger partial charge in [-0.05, 0) is 52.8 Å². The van der Waals surface area contributed by atoms with Crippen LogP contribution in [-0.4, -0.2) is 30.8 Å². The number of amides is 1. The number of methoxy groups -OCH3 is 1. The summed E-state index contributed by atoms with van der Waals surface area (Å²) < 4.78 is 11.7. The summed E-state index contributed by atoms with van der Waals surface area (Å²) in [7, 11) is 1.58. The van der Waals surface area contributed by atoms with E-state index in [1.807, 2.05) is 13.0 Å². The molecule has 0 fully saturated rings. The van der Waals surface area contributed by atoms with Crippen LogP contribution < -0.4 is 14.9 Å². The number of rotatable bonds is 8. The Balaban J connectivity index is 2.00.